The molecule has 2 unspecified atom stereocenters. The van der Waals surface area contributed by atoms with Crippen molar-refractivity contribution < 1.29 is 4.74 Å². The Bertz CT molecular complexity index is 237. The molecule has 0 amide bonds. The predicted octanol–water partition coefficient (Wildman–Crippen LogP) is 2.76. The van der Waals surface area contributed by atoms with Gasteiger partial charge in [-0.2, -0.15) is 0 Å². The highest BCUT2D eigenvalue weighted by molar-refractivity contribution is 4.89. The Hall–Kier alpha value is -0.120. The maximum absolute atomic E-state index is 5.70. The Labute approximate surface area is 120 Å². The molecule has 114 valence electrons. The Morgan fingerprint density at radius 1 is 1.26 bits per heavy atom. The number of hydrogen-bond donors (Lipinski definition) is 1. The van der Waals surface area contributed by atoms with Gasteiger partial charge in [-0.15, -0.1) is 0 Å². The van der Waals surface area contributed by atoms with E-state index in [2.05, 4.69) is 44.8 Å². The van der Waals surface area contributed by atoms with Crippen molar-refractivity contribution in [1.29, 1.82) is 0 Å². The van der Waals surface area contributed by atoms with Gasteiger partial charge in [-0.05, 0) is 18.9 Å². The molecule has 0 radical (unpaired) electrons. The molecule has 19 heavy (non-hydrogen) atoms. The Balaban J connectivity index is 2.55. The number of hydrogen-bond acceptors (Lipinski definition) is 3. The molecule has 1 heterocycles. The van der Waals surface area contributed by atoms with Gasteiger partial charge in [0.1, 0.15) is 0 Å². The van der Waals surface area contributed by atoms with E-state index in [1.54, 1.807) is 0 Å². The van der Waals surface area contributed by atoms with Crippen molar-refractivity contribution in [3.63, 3.8) is 0 Å². The molecule has 3 nitrogen and oxygen atoms in total. The van der Waals surface area contributed by atoms with Crippen LogP contribution in [0.4, 0.5) is 0 Å². The molecule has 2 atom stereocenters. The highest BCUT2D eigenvalue weighted by Gasteiger charge is 2.36. The smallest absolute Gasteiger partial charge is 0.0547 e. The molecule has 0 spiro atoms. The van der Waals surface area contributed by atoms with Gasteiger partial charge in [0, 0.05) is 37.7 Å². The fraction of sp³-hybridized carbons (Fsp3) is 1.00. The first-order chi connectivity index (χ1) is 9.01. The van der Waals surface area contributed by atoms with Gasteiger partial charge in [0.25, 0.3) is 0 Å². The highest BCUT2D eigenvalue weighted by Crippen LogP contribution is 2.29. The van der Waals surface area contributed by atoms with Crippen LogP contribution in [0.25, 0.3) is 0 Å². The summed E-state index contributed by atoms with van der Waals surface area (Å²) in [5, 5.41) is 3.62. The molecule has 1 N–H and O–H groups in total. The van der Waals surface area contributed by atoms with E-state index in [1.807, 2.05) is 0 Å². The third-order valence-electron chi connectivity index (χ3n) is 4.34. The summed E-state index contributed by atoms with van der Waals surface area (Å²) in [6, 6.07) is 0.558. The van der Waals surface area contributed by atoms with E-state index >= 15 is 0 Å². The lowest BCUT2D eigenvalue weighted by atomic mass is 9.86. The van der Waals surface area contributed by atoms with Crippen LogP contribution in [0.3, 0.4) is 0 Å². The fourth-order valence-electron chi connectivity index (χ4n) is 2.74. The van der Waals surface area contributed by atoms with Crippen molar-refractivity contribution in [3.8, 4) is 0 Å². The maximum atomic E-state index is 5.70. The molecule has 0 aliphatic carbocycles. The molecule has 0 saturated carbocycles. The van der Waals surface area contributed by atoms with E-state index in [0.29, 0.717) is 11.5 Å². The number of nitrogens with one attached hydrogen (secondary N) is 1. The Morgan fingerprint density at radius 3 is 2.47 bits per heavy atom. The van der Waals surface area contributed by atoms with Crippen LogP contribution in [-0.4, -0.2) is 50.3 Å². The summed E-state index contributed by atoms with van der Waals surface area (Å²) in [7, 11) is 0. The maximum Gasteiger partial charge on any atom is 0.0547 e. The minimum atomic E-state index is 0.327. The van der Waals surface area contributed by atoms with Gasteiger partial charge >= 0.3 is 0 Å². The molecular weight excluding hydrogens is 236 g/mol. The summed E-state index contributed by atoms with van der Waals surface area (Å²) in [6.07, 6.45) is 2.47. The van der Waals surface area contributed by atoms with Crippen LogP contribution in [0.5, 0.6) is 0 Å². The summed E-state index contributed by atoms with van der Waals surface area (Å²) < 4.78 is 5.70. The summed E-state index contributed by atoms with van der Waals surface area (Å²) in [4.78, 5) is 2.62. The van der Waals surface area contributed by atoms with Crippen molar-refractivity contribution in [2.45, 2.75) is 53.5 Å². The summed E-state index contributed by atoms with van der Waals surface area (Å²) in [5.74, 6) is 0.789. The zero-order valence-corrected chi connectivity index (χ0v) is 13.7. The van der Waals surface area contributed by atoms with E-state index in [1.165, 1.54) is 25.9 Å². The van der Waals surface area contributed by atoms with Gasteiger partial charge in [0.15, 0.2) is 0 Å². The van der Waals surface area contributed by atoms with Crippen molar-refractivity contribution >= 4 is 0 Å². The summed E-state index contributed by atoms with van der Waals surface area (Å²) >= 11 is 0. The summed E-state index contributed by atoms with van der Waals surface area (Å²) in [5.41, 5.74) is 0.327. The second kappa shape index (κ2) is 8.23. The topological polar surface area (TPSA) is 24.5 Å². The largest absolute Gasteiger partial charge is 0.381 e. The van der Waals surface area contributed by atoms with Crippen LogP contribution in [0.15, 0.2) is 0 Å². The number of ether oxygens (including phenoxy) is 1. The quantitative estimate of drug-likeness (QED) is 0.697. The lowest BCUT2D eigenvalue weighted by Gasteiger charge is -2.35. The summed E-state index contributed by atoms with van der Waals surface area (Å²) in [6.45, 7) is 17.8. The van der Waals surface area contributed by atoms with Crippen LogP contribution in [-0.2, 0) is 4.74 Å². The van der Waals surface area contributed by atoms with Gasteiger partial charge in [-0.25, -0.2) is 0 Å². The van der Waals surface area contributed by atoms with Crippen molar-refractivity contribution in [2.24, 2.45) is 11.3 Å². The Morgan fingerprint density at radius 2 is 2.00 bits per heavy atom. The predicted molar refractivity (Wildman–Crippen MR) is 82.6 cm³/mol. The van der Waals surface area contributed by atoms with Gasteiger partial charge in [0.2, 0.25) is 0 Å². The van der Waals surface area contributed by atoms with E-state index in [9.17, 15) is 0 Å². The molecule has 0 aromatic heterocycles. The molecular formula is C16H34N2O. The van der Waals surface area contributed by atoms with Crippen LogP contribution in [0.2, 0.25) is 0 Å². The van der Waals surface area contributed by atoms with E-state index in [4.69, 9.17) is 4.74 Å². The highest BCUT2D eigenvalue weighted by atomic mass is 16.5. The van der Waals surface area contributed by atoms with Crippen LogP contribution >= 0.6 is 0 Å². The minimum Gasteiger partial charge on any atom is -0.381 e. The second-order valence-electron chi connectivity index (χ2n) is 6.68. The lowest BCUT2D eigenvalue weighted by molar-refractivity contribution is 0.102. The average Bonchev–Trinajstić information content (AvgIpc) is 2.84. The molecule has 0 aromatic carbocycles. The second-order valence-corrected chi connectivity index (χ2v) is 6.68. The van der Waals surface area contributed by atoms with Crippen LogP contribution in [0, 0.1) is 11.3 Å². The van der Waals surface area contributed by atoms with Gasteiger partial charge in [-0.1, -0.05) is 41.0 Å². The van der Waals surface area contributed by atoms with Gasteiger partial charge in [-0.3, -0.25) is 0 Å². The van der Waals surface area contributed by atoms with Crippen molar-refractivity contribution in [1.82, 2.24) is 10.2 Å². The number of rotatable bonds is 9. The van der Waals surface area contributed by atoms with E-state index < -0.39 is 0 Å². The molecule has 0 bridgehead atoms. The third-order valence-corrected chi connectivity index (χ3v) is 4.34. The molecule has 1 aliphatic heterocycles. The standard InChI is InChI=1S/C16H34N2O/c1-6-15(5)10-18(7-2)12-16(8-9-19-13-16)11-17-14(3)4/h14-15,17H,6-13H2,1-5H3. The normalized spacial score (nSPS) is 25.4. The Kier molecular flexibility index (Phi) is 7.33. The average molecular weight is 270 g/mol. The first-order valence-corrected chi connectivity index (χ1v) is 8.05. The monoisotopic (exact) mass is 270 g/mol. The molecule has 1 saturated heterocycles. The van der Waals surface area contributed by atoms with Crippen LogP contribution in [0.1, 0.15) is 47.5 Å². The molecule has 0 aromatic rings. The zero-order chi connectivity index (χ0) is 14.3. The third kappa shape index (κ3) is 5.80. The van der Waals surface area contributed by atoms with E-state index in [0.717, 1.165) is 32.2 Å². The molecule has 1 aliphatic rings. The van der Waals surface area contributed by atoms with Gasteiger partial charge in [0.05, 0.1) is 6.61 Å². The molecule has 1 fully saturated rings. The first kappa shape index (κ1) is 16.9. The minimum absolute atomic E-state index is 0.327. The van der Waals surface area contributed by atoms with Crippen molar-refractivity contribution in [2.75, 3.05) is 39.4 Å². The number of nitrogens with zero attached hydrogens (tertiary/aromatic N) is 1. The zero-order valence-electron chi connectivity index (χ0n) is 13.7. The SMILES string of the molecule is CCC(C)CN(CC)CC1(CNC(C)C)CCOC1. The molecule has 1 rings (SSSR count). The van der Waals surface area contributed by atoms with Crippen molar-refractivity contribution in [3.05, 3.63) is 0 Å². The lowest BCUT2D eigenvalue weighted by Crippen LogP contribution is -2.47. The molecule has 3 heteroatoms. The van der Waals surface area contributed by atoms with Crippen LogP contribution < -0.4 is 5.32 Å². The van der Waals surface area contributed by atoms with E-state index in [-0.39, 0.29) is 0 Å². The fourth-order valence-corrected chi connectivity index (χ4v) is 2.74. The van der Waals surface area contributed by atoms with Gasteiger partial charge < -0.3 is 15.0 Å². The first-order valence-electron chi connectivity index (χ1n) is 8.05.